The standard InChI is InChI=1S/C24H36N4O4S2/c1-16-22(33-23(26-16)27-24(2,3)18-9-13-32-14-10-18)17-5-6-20(31-4)21(15-17)34(29,30)28-19-7-11-25-12-8-19/h5-6,15,18-19,25,28H,7-14H2,1-4H3,(H,26,27)/p+1. The van der Waals surface area contributed by atoms with E-state index in [1.807, 2.05) is 13.0 Å². The third-order valence-corrected chi connectivity index (χ3v) is 9.65. The summed E-state index contributed by atoms with van der Waals surface area (Å²) < 4.78 is 40.4. The molecular formula is C24H37N4O4S2+. The minimum Gasteiger partial charge on any atom is -0.495 e. The molecule has 0 saturated carbocycles. The summed E-state index contributed by atoms with van der Waals surface area (Å²) in [6.45, 7) is 9.78. The largest absolute Gasteiger partial charge is 0.495 e. The quantitative estimate of drug-likeness (QED) is 0.505. The lowest BCUT2D eigenvalue weighted by atomic mass is 9.82. The maximum Gasteiger partial charge on any atom is 0.284 e. The summed E-state index contributed by atoms with van der Waals surface area (Å²) in [5.41, 5.74) is 1.75. The fourth-order valence-corrected chi connectivity index (χ4v) is 7.57. The first-order valence-corrected chi connectivity index (χ1v) is 14.3. The molecule has 188 valence electrons. The summed E-state index contributed by atoms with van der Waals surface area (Å²) in [4.78, 5) is 5.98. The molecule has 2 aliphatic rings. The van der Waals surface area contributed by atoms with Crippen molar-refractivity contribution in [3.05, 3.63) is 23.9 Å². The minimum atomic E-state index is -3.72. The number of hydrogen-bond acceptors (Lipinski definition) is 7. The fraction of sp³-hybridized carbons (Fsp3) is 0.625. The monoisotopic (exact) mass is 509 g/mol. The van der Waals surface area contributed by atoms with Crippen molar-refractivity contribution >= 4 is 26.5 Å². The van der Waals surface area contributed by atoms with Gasteiger partial charge in [-0.25, -0.2) is 13.1 Å². The van der Waals surface area contributed by atoms with E-state index < -0.39 is 10.0 Å². The molecule has 2 saturated heterocycles. The number of thiazole rings is 1. The van der Waals surface area contributed by atoms with Crippen molar-refractivity contribution < 1.29 is 23.2 Å². The second-order valence-electron chi connectivity index (χ2n) is 9.83. The zero-order valence-electron chi connectivity index (χ0n) is 20.5. The van der Waals surface area contributed by atoms with Gasteiger partial charge in [0.25, 0.3) is 5.13 Å². The fourth-order valence-electron chi connectivity index (χ4n) is 4.88. The number of piperidine rings is 1. The third-order valence-electron chi connectivity index (χ3n) is 6.96. The Morgan fingerprint density at radius 1 is 1.21 bits per heavy atom. The molecule has 34 heavy (non-hydrogen) atoms. The SMILES string of the molecule is COc1ccc(-c2sc([NH2+]C(C)(C)C3CCOCC3)nc2C)cc1S(=O)(=O)NC1CCNCC1. The lowest BCUT2D eigenvalue weighted by Crippen LogP contribution is -2.92. The van der Waals surface area contributed by atoms with Gasteiger partial charge < -0.3 is 14.8 Å². The van der Waals surface area contributed by atoms with Crippen LogP contribution >= 0.6 is 11.3 Å². The zero-order chi connectivity index (χ0) is 24.3. The number of nitrogens with zero attached hydrogens (tertiary/aromatic N) is 1. The Morgan fingerprint density at radius 3 is 2.59 bits per heavy atom. The van der Waals surface area contributed by atoms with Gasteiger partial charge in [0, 0.05) is 25.2 Å². The molecule has 10 heteroatoms. The molecule has 8 nitrogen and oxygen atoms in total. The summed E-state index contributed by atoms with van der Waals surface area (Å²) in [6.07, 6.45) is 3.67. The predicted octanol–water partition coefficient (Wildman–Crippen LogP) is 2.56. The van der Waals surface area contributed by atoms with E-state index in [4.69, 9.17) is 14.5 Å². The van der Waals surface area contributed by atoms with Crippen molar-refractivity contribution in [2.24, 2.45) is 5.92 Å². The van der Waals surface area contributed by atoms with Gasteiger partial charge in [0.15, 0.2) is 0 Å². The van der Waals surface area contributed by atoms with E-state index in [-0.39, 0.29) is 16.5 Å². The van der Waals surface area contributed by atoms with Crippen LogP contribution < -0.4 is 20.1 Å². The molecule has 0 spiro atoms. The number of aryl methyl sites for hydroxylation is 1. The van der Waals surface area contributed by atoms with Crippen molar-refractivity contribution in [2.45, 2.75) is 62.9 Å². The number of quaternary nitrogens is 1. The Balaban J connectivity index is 1.59. The van der Waals surface area contributed by atoms with Gasteiger partial charge in [-0.3, -0.25) is 5.32 Å². The molecule has 0 amide bonds. The highest BCUT2D eigenvalue weighted by molar-refractivity contribution is 7.89. The molecule has 0 bridgehead atoms. The van der Waals surface area contributed by atoms with Crippen LogP contribution in [0.15, 0.2) is 23.1 Å². The number of ether oxygens (including phenoxy) is 2. The zero-order valence-corrected chi connectivity index (χ0v) is 22.2. The number of hydrogen-bond donors (Lipinski definition) is 3. The molecule has 2 fully saturated rings. The van der Waals surface area contributed by atoms with E-state index in [1.54, 1.807) is 23.5 Å². The van der Waals surface area contributed by atoms with Crippen LogP contribution in [-0.2, 0) is 14.8 Å². The van der Waals surface area contributed by atoms with E-state index >= 15 is 0 Å². The second-order valence-corrected chi connectivity index (χ2v) is 12.5. The van der Waals surface area contributed by atoms with Crippen molar-refractivity contribution in [1.82, 2.24) is 15.0 Å². The maximum atomic E-state index is 13.3. The van der Waals surface area contributed by atoms with Crippen LogP contribution in [0.1, 0.15) is 45.2 Å². The highest BCUT2D eigenvalue weighted by atomic mass is 32.2. The summed E-state index contributed by atoms with van der Waals surface area (Å²) in [5, 5.41) is 6.50. The van der Waals surface area contributed by atoms with Gasteiger partial charge in [-0.1, -0.05) is 11.3 Å². The number of nitrogens with two attached hydrogens (primary N) is 1. The predicted molar refractivity (Wildman–Crippen MR) is 134 cm³/mol. The molecule has 3 heterocycles. The molecule has 2 aliphatic heterocycles. The first-order chi connectivity index (χ1) is 16.2. The second kappa shape index (κ2) is 10.6. The van der Waals surface area contributed by atoms with Crippen LogP contribution in [0.25, 0.3) is 10.4 Å². The molecular weight excluding hydrogens is 472 g/mol. The Kier molecular flexibility index (Phi) is 7.95. The van der Waals surface area contributed by atoms with Crippen LogP contribution in [-0.4, -0.2) is 58.4 Å². The Bertz CT molecular complexity index is 1090. The Labute approximate surface area is 206 Å². The molecule has 4 rings (SSSR count). The number of sulfonamides is 1. The number of aromatic nitrogens is 1. The van der Waals surface area contributed by atoms with Crippen molar-refractivity contribution in [1.29, 1.82) is 0 Å². The summed E-state index contributed by atoms with van der Waals surface area (Å²) >= 11 is 1.61. The Hall–Kier alpha value is -1.56. The van der Waals surface area contributed by atoms with Crippen LogP contribution in [0.5, 0.6) is 5.75 Å². The third kappa shape index (κ3) is 5.80. The number of rotatable bonds is 8. The summed E-state index contributed by atoms with van der Waals surface area (Å²) in [7, 11) is -2.22. The van der Waals surface area contributed by atoms with Gasteiger partial charge in [0.05, 0.1) is 23.2 Å². The van der Waals surface area contributed by atoms with Gasteiger partial charge in [-0.05, 0) is 83.3 Å². The molecule has 1 aromatic heterocycles. The van der Waals surface area contributed by atoms with Crippen LogP contribution in [0.2, 0.25) is 0 Å². The topological polar surface area (TPSA) is 106 Å². The van der Waals surface area contributed by atoms with Gasteiger partial charge >= 0.3 is 0 Å². The van der Waals surface area contributed by atoms with E-state index in [1.165, 1.54) is 7.11 Å². The molecule has 2 aromatic rings. The van der Waals surface area contributed by atoms with E-state index in [2.05, 4.69) is 29.2 Å². The summed E-state index contributed by atoms with van der Waals surface area (Å²) in [6, 6.07) is 5.30. The van der Waals surface area contributed by atoms with Crippen molar-refractivity contribution in [3.8, 4) is 16.2 Å². The normalized spacial score (nSPS) is 18.8. The van der Waals surface area contributed by atoms with Crippen LogP contribution in [0.3, 0.4) is 0 Å². The smallest absolute Gasteiger partial charge is 0.284 e. The average molecular weight is 510 g/mol. The lowest BCUT2D eigenvalue weighted by Gasteiger charge is -2.33. The molecule has 0 atom stereocenters. The molecule has 1 aromatic carbocycles. The molecule has 4 N–H and O–H groups in total. The minimum absolute atomic E-state index is 0.0124. The van der Waals surface area contributed by atoms with E-state index in [9.17, 15) is 8.42 Å². The van der Waals surface area contributed by atoms with Gasteiger partial charge in [-0.2, -0.15) is 4.98 Å². The van der Waals surface area contributed by atoms with Crippen molar-refractivity contribution in [2.75, 3.05) is 33.4 Å². The van der Waals surface area contributed by atoms with E-state index in [0.29, 0.717) is 11.7 Å². The van der Waals surface area contributed by atoms with E-state index in [0.717, 1.165) is 73.3 Å². The van der Waals surface area contributed by atoms with Gasteiger partial charge in [0.1, 0.15) is 10.6 Å². The van der Waals surface area contributed by atoms with Crippen molar-refractivity contribution in [3.63, 3.8) is 0 Å². The maximum absolute atomic E-state index is 13.3. The van der Waals surface area contributed by atoms with Crippen LogP contribution in [0, 0.1) is 12.8 Å². The number of nitrogens with one attached hydrogen (secondary N) is 2. The van der Waals surface area contributed by atoms with Crippen LogP contribution in [0.4, 0.5) is 5.13 Å². The highest BCUT2D eigenvalue weighted by Gasteiger charge is 2.36. The highest BCUT2D eigenvalue weighted by Crippen LogP contribution is 2.36. The molecule has 0 unspecified atom stereocenters. The lowest BCUT2D eigenvalue weighted by molar-refractivity contribution is -0.656. The first-order valence-electron chi connectivity index (χ1n) is 12.0. The average Bonchev–Trinajstić information content (AvgIpc) is 3.18. The Morgan fingerprint density at radius 2 is 1.91 bits per heavy atom. The molecule has 0 aliphatic carbocycles. The first kappa shape index (κ1) is 25.5. The summed E-state index contributed by atoms with van der Waals surface area (Å²) in [5.74, 6) is 0.910. The van der Waals surface area contributed by atoms with Gasteiger partial charge in [-0.15, -0.1) is 0 Å². The van der Waals surface area contributed by atoms with Gasteiger partial charge in [0.2, 0.25) is 10.0 Å². The number of methoxy groups -OCH3 is 1. The molecule has 0 radical (unpaired) electrons. The number of benzene rings is 1.